The third kappa shape index (κ3) is 21.1. The molecule has 21 heavy (non-hydrogen) atoms. The largest absolute Gasteiger partial charge is 0.478 e. The minimum Gasteiger partial charge on any atom is -0.478 e. The maximum atomic E-state index is 9.55. The molecule has 5 heteroatoms. The van der Waals surface area contributed by atoms with Gasteiger partial charge in [0.1, 0.15) is 0 Å². The first kappa shape index (κ1) is 21.9. The lowest BCUT2D eigenvalue weighted by Crippen LogP contribution is -2.27. The van der Waals surface area contributed by atoms with Crippen molar-refractivity contribution in [2.24, 2.45) is 0 Å². The van der Waals surface area contributed by atoms with Crippen molar-refractivity contribution in [3.8, 4) is 0 Å². The van der Waals surface area contributed by atoms with Gasteiger partial charge in [0.05, 0.1) is 0 Å². The van der Waals surface area contributed by atoms with Crippen LogP contribution in [0.1, 0.15) is 59.3 Å². The summed E-state index contributed by atoms with van der Waals surface area (Å²) in [6, 6.07) is 0. The van der Waals surface area contributed by atoms with Crippen LogP contribution in [0.3, 0.4) is 0 Å². The topological polar surface area (TPSA) is 77.8 Å². The van der Waals surface area contributed by atoms with Gasteiger partial charge in [-0.25, -0.2) is 9.59 Å². The second-order valence-corrected chi connectivity index (χ2v) is 4.91. The molecule has 0 aliphatic heterocycles. The predicted molar refractivity (Wildman–Crippen MR) is 85.6 cm³/mol. The molecule has 0 aliphatic rings. The molecule has 5 nitrogen and oxygen atoms in total. The SMILES string of the molecule is CCCCN(CCCC)CCCC.O=C(O)/C=C/C(=O)O. The molecule has 0 atom stereocenters. The van der Waals surface area contributed by atoms with Crippen molar-refractivity contribution in [3.63, 3.8) is 0 Å². The van der Waals surface area contributed by atoms with Gasteiger partial charge in [-0.05, 0) is 38.9 Å². The summed E-state index contributed by atoms with van der Waals surface area (Å²) in [5, 5.41) is 15.6. The second kappa shape index (κ2) is 16.7. The Balaban J connectivity index is 0. The number of hydrogen-bond acceptors (Lipinski definition) is 3. The van der Waals surface area contributed by atoms with Gasteiger partial charge in [0.25, 0.3) is 0 Å². The lowest BCUT2D eigenvalue weighted by molar-refractivity contribution is -0.134. The highest BCUT2D eigenvalue weighted by atomic mass is 16.4. The molecule has 0 aliphatic carbocycles. The van der Waals surface area contributed by atoms with Crippen LogP contribution >= 0.6 is 0 Å². The third-order valence-electron chi connectivity index (χ3n) is 2.85. The Morgan fingerprint density at radius 2 is 1.05 bits per heavy atom. The number of unbranched alkanes of at least 4 members (excludes halogenated alkanes) is 3. The molecule has 0 bridgehead atoms. The van der Waals surface area contributed by atoms with Gasteiger partial charge >= 0.3 is 11.9 Å². The summed E-state index contributed by atoms with van der Waals surface area (Å²) in [6.45, 7) is 10.8. The van der Waals surface area contributed by atoms with Crippen LogP contribution in [-0.2, 0) is 9.59 Å². The van der Waals surface area contributed by atoms with E-state index in [-0.39, 0.29) is 0 Å². The fourth-order valence-electron chi connectivity index (χ4n) is 1.62. The predicted octanol–water partition coefficient (Wildman–Crippen LogP) is 3.40. The molecule has 124 valence electrons. The van der Waals surface area contributed by atoms with E-state index in [9.17, 15) is 9.59 Å². The van der Waals surface area contributed by atoms with Gasteiger partial charge in [-0.1, -0.05) is 40.0 Å². The molecule has 0 aromatic carbocycles. The number of aliphatic carboxylic acids is 2. The van der Waals surface area contributed by atoms with Crippen molar-refractivity contribution < 1.29 is 19.8 Å². The zero-order valence-electron chi connectivity index (χ0n) is 13.7. The molecule has 0 fully saturated rings. The molecule has 0 aromatic heterocycles. The third-order valence-corrected chi connectivity index (χ3v) is 2.85. The molecular formula is C16H31NO4. The van der Waals surface area contributed by atoms with Gasteiger partial charge in [0.15, 0.2) is 0 Å². The van der Waals surface area contributed by atoms with Gasteiger partial charge in [-0.2, -0.15) is 0 Å². The minimum atomic E-state index is -1.26. The number of carboxylic acid groups (broad SMARTS) is 2. The monoisotopic (exact) mass is 301 g/mol. The molecule has 0 aromatic rings. The highest BCUT2D eigenvalue weighted by Crippen LogP contribution is 2.01. The van der Waals surface area contributed by atoms with E-state index in [1.165, 1.54) is 58.2 Å². The van der Waals surface area contributed by atoms with Crippen LogP contribution < -0.4 is 0 Å². The number of nitrogens with zero attached hydrogens (tertiary/aromatic N) is 1. The lowest BCUT2D eigenvalue weighted by atomic mass is 10.2. The van der Waals surface area contributed by atoms with Crippen LogP contribution in [0.2, 0.25) is 0 Å². The van der Waals surface area contributed by atoms with Gasteiger partial charge in [0.2, 0.25) is 0 Å². The van der Waals surface area contributed by atoms with Gasteiger partial charge in [-0.15, -0.1) is 0 Å². The molecule has 2 N–H and O–H groups in total. The molecule has 0 spiro atoms. The highest BCUT2D eigenvalue weighted by Gasteiger charge is 2.01. The van der Waals surface area contributed by atoms with Crippen molar-refractivity contribution in [2.75, 3.05) is 19.6 Å². The smallest absolute Gasteiger partial charge is 0.328 e. The summed E-state index contributed by atoms with van der Waals surface area (Å²) in [5.41, 5.74) is 0. The van der Waals surface area contributed by atoms with Crippen molar-refractivity contribution in [2.45, 2.75) is 59.3 Å². The quantitative estimate of drug-likeness (QED) is 0.572. The number of hydrogen-bond donors (Lipinski definition) is 2. The van der Waals surface area contributed by atoms with E-state index >= 15 is 0 Å². The van der Waals surface area contributed by atoms with E-state index in [0.717, 1.165) is 0 Å². The molecule has 0 saturated carbocycles. The molecule has 0 heterocycles. The zero-order valence-corrected chi connectivity index (χ0v) is 13.7. The van der Waals surface area contributed by atoms with E-state index in [1.807, 2.05) is 0 Å². The Morgan fingerprint density at radius 1 is 0.762 bits per heavy atom. The first-order valence-electron chi connectivity index (χ1n) is 7.84. The summed E-state index contributed by atoms with van der Waals surface area (Å²) < 4.78 is 0. The van der Waals surface area contributed by atoms with E-state index in [4.69, 9.17) is 10.2 Å². The fraction of sp³-hybridized carbons (Fsp3) is 0.750. The Bertz CT molecular complexity index is 255. The molecule has 0 rings (SSSR count). The standard InChI is InChI=1S/C12H27N.C4H4O4/c1-4-7-10-13(11-8-5-2)12-9-6-3;5-3(6)1-2-4(7)8/h4-12H2,1-3H3;1-2H,(H,5,6)(H,7,8)/b;2-1+. The van der Waals surface area contributed by atoms with Crippen molar-refractivity contribution in [1.82, 2.24) is 4.90 Å². The number of rotatable bonds is 11. The zero-order chi connectivity index (χ0) is 16.5. The van der Waals surface area contributed by atoms with Crippen molar-refractivity contribution in [3.05, 3.63) is 12.2 Å². The molecule has 0 unspecified atom stereocenters. The first-order valence-corrected chi connectivity index (χ1v) is 7.84. The van der Waals surface area contributed by atoms with Crippen LogP contribution in [0.5, 0.6) is 0 Å². The molecule has 0 radical (unpaired) electrons. The Kier molecular flexibility index (Phi) is 17.4. The van der Waals surface area contributed by atoms with Gasteiger partial charge < -0.3 is 15.1 Å². The maximum Gasteiger partial charge on any atom is 0.328 e. The van der Waals surface area contributed by atoms with Crippen molar-refractivity contribution >= 4 is 11.9 Å². The number of carboxylic acids is 2. The maximum absolute atomic E-state index is 9.55. The van der Waals surface area contributed by atoms with E-state index in [0.29, 0.717) is 12.2 Å². The molecule has 0 saturated heterocycles. The average molecular weight is 301 g/mol. The Hall–Kier alpha value is -1.36. The first-order chi connectivity index (χ1) is 9.97. The minimum absolute atomic E-state index is 0.558. The Labute approximate surface area is 128 Å². The van der Waals surface area contributed by atoms with Gasteiger partial charge in [0, 0.05) is 12.2 Å². The van der Waals surface area contributed by atoms with Crippen LogP contribution in [0, 0.1) is 0 Å². The summed E-state index contributed by atoms with van der Waals surface area (Å²) in [7, 11) is 0. The van der Waals surface area contributed by atoms with Crippen molar-refractivity contribution in [1.29, 1.82) is 0 Å². The summed E-state index contributed by atoms with van der Waals surface area (Å²) in [6.07, 6.45) is 9.21. The van der Waals surface area contributed by atoms with E-state index in [1.54, 1.807) is 0 Å². The van der Waals surface area contributed by atoms with E-state index < -0.39 is 11.9 Å². The van der Waals surface area contributed by atoms with Crippen LogP contribution in [0.25, 0.3) is 0 Å². The fourth-order valence-corrected chi connectivity index (χ4v) is 1.62. The van der Waals surface area contributed by atoms with Crippen LogP contribution in [-0.4, -0.2) is 46.7 Å². The average Bonchev–Trinajstić information content (AvgIpc) is 2.45. The highest BCUT2D eigenvalue weighted by molar-refractivity contribution is 5.89. The van der Waals surface area contributed by atoms with Crippen LogP contribution in [0.4, 0.5) is 0 Å². The Morgan fingerprint density at radius 3 is 1.24 bits per heavy atom. The molecular weight excluding hydrogens is 270 g/mol. The summed E-state index contributed by atoms with van der Waals surface area (Å²) >= 11 is 0. The lowest BCUT2D eigenvalue weighted by Gasteiger charge is -2.21. The summed E-state index contributed by atoms with van der Waals surface area (Å²) in [5.74, 6) is -2.51. The van der Waals surface area contributed by atoms with Crippen LogP contribution in [0.15, 0.2) is 12.2 Å². The molecule has 0 amide bonds. The summed E-state index contributed by atoms with van der Waals surface area (Å²) in [4.78, 5) is 21.7. The van der Waals surface area contributed by atoms with Gasteiger partial charge in [-0.3, -0.25) is 0 Å². The number of carbonyl (C=O) groups is 2. The normalized spacial score (nSPS) is 10.5. The second-order valence-electron chi connectivity index (χ2n) is 4.91. The van der Waals surface area contributed by atoms with E-state index in [2.05, 4.69) is 25.7 Å².